The quantitative estimate of drug-likeness (QED) is 0.507. The fraction of sp³-hybridized carbons (Fsp3) is 0.435. The molecule has 1 saturated heterocycles. The first-order chi connectivity index (χ1) is 16.9. The molecule has 0 radical (unpaired) electrons. The molecule has 0 aliphatic carbocycles. The zero-order valence-electron chi connectivity index (χ0n) is 20.0. The van der Waals surface area contributed by atoms with Crippen LogP contribution in [-0.2, 0) is 20.8 Å². The summed E-state index contributed by atoms with van der Waals surface area (Å²) < 4.78 is 26.2. The van der Waals surface area contributed by atoms with Crippen molar-refractivity contribution >= 4 is 11.6 Å². The summed E-state index contributed by atoms with van der Waals surface area (Å²) in [6.07, 6.45) is 1.33. The number of rotatable bonds is 8. The van der Waals surface area contributed by atoms with Crippen molar-refractivity contribution in [3.05, 3.63) is 42.3 Å². The summed E-state index contributed by atoms with van der Waals surface area (Å²) in [6.45, 7) is 4.05. The highest BCUT2D eigenvalue weighted by molar-refractivity contribution is 5.72. The lowest BCUT2D eigenvalue weighted by Gasteiger charge is -2.25. The van der Waals surface area contributed by atoms with E-state index < -0.39 is 0 Å². The van der Waals surface area contributed by atoms with Gasteiger partial charge in [0.1, 0.15) is 25.0 Å². The molecule has 186 valence electrons. The highest BCUT2D eigenvalue weighted by atomic mass is 19.1. The van der Waals surface area contributed by atoms with Gasteiger partial charge in [-0.2, -0.15) is 4.80 Å². The number of amides is 1. The summed E-state index contributed by atoms with van der Waals surface area (Å²) in [5.41, 5.74) is 2.29. The lowest BCUT2D eigenvalue weighted by atomic mass is 10.1. The summed E-state index contributed by atoms with van der Waals surface area (Å²) in [6, 6.07) is 8.54. The monoisotopic (exact) mass is 484 g/mol. The minimum atomic E-state index is -0.381. The molecule has 12 heteroatoms. The van der Waals surface area contributed by atoms with Crippen LogP contribution < -0.4 is 10.2 Å². The first kappa shape index (κ1) is 24.6. The Hall–Kier alpha value is -3.48. The van der Waals surface area contributed by atoms with Gasteiger partial charge >= 0.3 is 0 Å². The second kappa shape index (κ2) is 11.3. The first-order valence-corrected chi connectivity index (χ1v) is 11.3. The minimum Gasteiger partial charge on any atom is -0.354 e. The van der Waals surface area contributed by atoms with E-state index in [1.54, 1.807) is 24.4 Å². The van der Waals surface area contributed by atoms with Crippen molar-refractivity contribution in [2.45, 2.75) is 19.6 Å². The van der Waals surface area contributed by atoms with Gasteiger partial charge in [0.15, 0.2) is 0 Å². The molecule has 1 amide bonds. The molecule has 0 bridgehead atoms. The maximum atomic E-state index is 15.1. The normalized spacial score (nSPS) is 16.4. The third-order valence-electron chi connectivity index (χ3n) is 5.46. The van der Waals surface area contributed by atoms with Crippen LogP contribution in [0.4, 0.5) is 10.1 Å². The standard InChI is InChI=1S/C23H29FN8O3/c1-16(33)25-12-19-13-31(14-34-15-35-19)18-5-6-20(21(24)10-18)17-4-7-22(26-11-17)23-27-29-32(28-23)9-8-30(2)3/h4-7,10-11,19H,8-9,12-15H2,1-3H3,(H,25,33). The SMILES string of the molecule is CC(=O)NCC1CN(c2ccc(-c3ccc(-c4nnn(CCN(C)C)n4)nc3)c(F)c2)COCO1. The van der Waals surface area contributed by atoms with E-state index in [9.17, 15) is 4.79 Å². The second-order valence-corrected chi connectivity index (χ2v) is 8.51. The van der Waals surface area contributed by atoms with Crippen LogP contribution in [0.5, 0.6) is 0 Å². The molecule has 1 fully saturated rings. The van der Waals surface area contributed by atoms with Crippen molar-refractivity contribution in [3.8, 4) is 22.6 Å². The Morgan fingerprint density at radius 1 is 1.29 bits per heavy atom. The van der Waals surface area contributed by atoms with Gasteiger partial charge in [0.2, 0.25) is 11.7 Å². The fourth-order valence-corrected chi connectivity index (χ4v) is 3.55. The summed E-state index contributed by atoms with van der Waals surface area (Å²) in [5.74, 6) is -0.0956. The number of nitrogens with zero attached hydrogens (tertiary/aromatic N) is 7. The first-order valence-electron chi connectivity index (χ1n) is 11.3. The molecular weight excluding hydrogens is 455 g/mol. The number of anilines is 1. The Bertz CT molecular complexity index is 1140. The number of likely N-dealkylation sites (N-methyl/N-ethyl adjacent to an activating group) is 1. The molecular formula is C23H29FN8O3. The van der Waals surface area contributed by atoms with E-state index in [-0.39, 0.29) is 31.4 Å². The van der Waals surface area contributed by atoms with E-state index in [2.05, 4.69) is 25.7 Å². The van der Waals surface area contributed by atoms with Crippen LogP contribution in [-0.4, -0.2) is 89.4 Å². The number of ether oxygens (including phenoxy) is 2. The van der Waals surface area contributed by atoms with Crippen molar-refractivity contribution in [2.24, 2.45) is 0 Å². The van der Waals surface area contributed by atoms with Crippen LogP contribution in [0, 0.1) is 5.82 Å². The number of hydrogen-bond acceptors (Lipinski definition) is 9. The fourth-order valence-electron chi connectivity index (χ4n) is 3.55. The highest BCUT2D eigenvalue weighted by Crippen LogP contribution is 2.28. The van der Waals surface area contributed by atoms with E-state index in [1.165, 1.54) is 17.8 Å². The van der Waals surface area contributed by atoms with Crippen LogP contribution in [0.1, 0.15) is 6.92 Å². The number of nitrogens with one attached hydrogen (secondary N) is 1. The predicted octanol–water partition coefficient (Wildman–Crippen LogP) is 1.38. The second-order valence-electron chi connectivity index (χ2n) is 8.51. The Kier molecular flexibility index (Phi) is 7.95. The molecule has 1 atom stereocenters. The van der Waals surface area contributed by atoms with Crippen LogP contribution in [0.3, 0.4) is 0 Å². The number of aromatic nitrogens is 5. The van der Waals surface area contributed by atoms with Crippen LogP contribution in [0.15, 0.2) is 36.5 Å². The maximum absolute atomic E-state index is 15.1. The van der Waals surface area contributed by atoms with Crippen molar-refractivity contribution < 1.29 is 18.7 Å². The van der Waals surface area contributed by atoms with E-state index in [0.29, 0.717) is 48.0 Å². The molecule has 0 saturated carbocycles. The van der Waals surface area contributed by atoms with Gasteiger partial charge in [0.05, 0.1) is 12.6 Å². The van der Waals surface area contributed by atoms with E-state index in [0.717, 1.165) is 6.54 Å². The summed E-state index contributed by atoms with van der Waals surface area (Å²) >= 11 is 0. The average molecular weight is 485 g/mol. The van der Waals surface area contributed by atoms with E-state index in [4.69, 9.17) is 9.47 Å². The molecule has 4 rings (SSSR count). The minimum absolute atomic E-state index is 0.109. The molecule has 1 N–H and O–H groups in total. The van der Waals surface area contributed by atoms with Gasteiger partial charge in [-0.05, 0) is 43.6 Å². The number of pyridine rings is 1. The smallest absolute Gasteiger partial charge is 0.223 e. The number of halogens is 1. The predicted molar refractivity (Wildman–Crippen MR) is 127 cm³/mol. The van der Waals surface area contributed by atoms with Gasteiger partial charge in [-0.3, -0.25) is 9.78 Å². The molecule has 0 spiro atoms. The van der Waals surface area contributed by atoms with Gasteiger partial charge in [-0.25, -0.2) is 4.39 Å². The number of carbonyl (C=O) groups excluding carboxylic acids is 1. The number of benzene rings is 1. The van der Waals surface area contributed by atoms with E-state index in [1.807, 2.05) is 30.0 Å². The largest absolute Gasteiger partial charge is 0.354 e. The Balaban J connectivity index is 1.45. The molecule has 1 aliphatic rings. The number of hydrogen-bond donors (Lipinski definition) is 1. The van der Waals surface area contributed by atoms with Crippen molar-refractivity contribution in [2.75, 3.05) is 52.2 Å². The number of tetrazole rings is 1. The molecule has 3 aromatic rings. The number of carbonyl (C=O) groups is 1. The van der Waals surface area contributed by atoms with Gasteiger partial charge in [-0.15, -0.1) is 10.2 Å². The molecule has 1 aromatic carbocycles. The molecule has 1 aliphatic heterocycles. The van der Waals surface area contributed by atoms with Crippen LogP contribution >= 0.6 is 0 Å². The van der Waals surface area contributed by atoms with Crippen LogP contribution in [0.25, 0.3) is 22.6 Å². The third kappa shape index (κ3) is 6.56. The summed E-state index contributed by atoms with van der Waals surface area (Å²) in [7, 11) is 3.95. The average Bonchev–Trinajstić information content (AvgIpc) is 3.19. The summed E-state index contributed by atoms with van der Waals surface area (Å²) in [5, 5.41) is 15.2. The molecule has 1 unspecified atom stereocenters. The lowest BCUT2D eigenvalue weighted by Crippen LogP contribution is -2.39. The van der Waals surface area contributed by atoms with Crippen LogP contribution in [0.2, 0.25) is 0 Å². The van der Waals surface area contributed by atoms with Crippen molar-refractivity contribution in [1.29, 1.82) is 0 Å². The van der Waals surface area contributed by atoms with Gasteiger partial charge < -0.3 is 24.6 Å². The van der Waals surface area contributed by atoms with E-state index >= 15 is 4.39 Å². The Morgan fingerprint density at radius 2 is 2.14 bits per heavy atom. The van der Waals surface area contributed by atoms with Gasteiger partial charge in [0, 0.05) is 49.6 Å². The lowest BCUT2D eigenvalue weighted by molar-refractivity contribution is -0.120. The summed E-state index contributed by atoms with van der Waals surface area (Å²) in [4.78, 5) is 21.1. The molecule has 3 heterocycles. The topological polar surface area (TPSA) is 111 Å². The molecule has 2 aromatic heterocycles. The van der Waals surface area contributed by atoms with Gasteiger partial charge in [0.25, 0.3) is 0 Å². The van der Waals surface area contributed by atoms with Crippen molar-refractivity contribution in [3.63, 3.8) is 0 Å². The van der Waals surface area contributed by atoms with Crippen molar-refractivity contribution in [1.82, 2.24) is 35.4 Å². The molecule has 35 heavy (non-hydrogen) atoms. The van der Waals surface area contributed by atoms with Gasteiger partial charge in [-0.1, -0.05) is 6.07 Å². The third-order valence-corrected chi connectivity index (χ3v) is 5.46. The maximum Gasteiger partial charge on any atom is 0.223 e. The zero-order valence-corrected chi connectivity index (χ0v) is 20.0. The Labute approximate surface area is 202 Å². The zero-order chi connectivity index (χ0) is 24.8. The Morgan fingerprint density at radius 3 is 2.86 bits per heavy atom. The highest BCUT2D eigenvalue weighted by Gasteiger charge is 2.21. The molecule has 11 nitrogen and oxygen atoms in total.